The van der Waals surface area contributed by atoms with E-state index in [0.29, 0.717) is 0 Å². The van der Waals surface area contributed by atoms with Gasteiger partial charge in [0.2, 0.25) is 0 Å². The van der Waals surface area contributed by atoms with Crippen molar-refractivity contribution < 1.29 is 4.42 Å². The quantitative estimate of drug-likeness (QED) is 0.166. The Hall–Kier alpha value is -8.92. The number of anilines is 6. The molecular weight excluding hydrogens is 825 g/mol. The Morgan fingerprint density at radius 1 is 0.324 bits per heavy atom. The average molecular weight is 867 g/mol. The van der Waals surface area contributed by atoms with Crippen molar-refractivity contribution in [1.82, 2.24) is 0 Å². The lowest BCUT2D eigenvalue weighted by Crippen LogP contribution is -2.36. The van der Waals surface area contributed by atoms with Crippen molar-refractivity contribution in [3.05, 3.63) is 277 Å². The summed E-state index contributed by atoms with van der Waals surface area (Å²) in [5.41, 5.74) is 20.1. The molecule has 2 heterocycles. The molecule has 0 radical (unpaired) electrons. The molecule has 1 aliphatic carbocycles. The molecule has 0 fully saturated rings. The van der Waals surface area contributed by atoms with E-state index in [9.17, 15) is 0 Å². The lowest BCUT2D eigenvalue weighted by Gasteiger charge is -2.45. The standard InChI is InChI=1S/C65H42N2O/c1-2-21-44(22-3-1)67-61-34-15-12-31-57(61)65(58-32-13-16-35-62(58)67)56-30-11-8-26-51(56)52-39-37-46(42-59(52)65)66(45-38-40-64-55(41-45)54-28-10-17-36-63(54)68-64)60-33-14-9-27-53(60)50-25-7-6-24-49(50)48-29-18-20-43-19-4-5-23-47(43)48/h1-42H. The summed E-state index contributed by atoms with van der Waals surface area (Å²) in [6.07, 6.45) is 0. The summed E-state index contributed by atoms with van der Waals surface area (Å²) in [6.45, 7) is 0. The van der Waals surface area contributed by atoms with Crippen LogP contribution in [0.1, 0.15) is 22.3 Å². The van der Waals surface area contributed by atoms with E-state index < -0.39 is 5.41 Å². The molecule has 0 saturated heterocycles. The van der Waals surface area contributed by atoms with Gasteiger partial charge < -0.3 is 14.2 Å². The number of hydrogen-bond donors (Lipinski definition) is 0. The third-order valence-electron chi connectivity index (χ3n) is 14.5. The Balaban J connectivity index is 1.05. The minimum Gasteiger partial charge on any atom is -0.456 e. The van der Waals surface area contributed by atoms with Crippen LogP contribution in [0.2, 0.25) is 0 Å². The van der Waals surface area contributed by atoms with Gasteiger partial charge in [0.05, 0.1) is 22.5 Å². The van der Waals surface area contributed by atoms with Crippen molar-refractivity contribution >= 4 is 66.8 Å². The first-order valence-corrected chi connectivity index (χ1v) is 23.4. The van der Waals surface area contributed by atoms with E-state index >= 15 is 0 Å². The van der Waals surface area contributed by atoms with Crippen LogP contribution in [0.3, 0.4) is 0 Å². The number of hydrogen-bond acceptors (Lipinski definition) is 3. The second-order valence-electron chi connectivity index (χ2n) is 17.9. The van der Waals surface area contributed by atoms with Crippen LogP contribution in [0.25, 0.3) is 66.1 Å². The second kappa shape index (κ2) is 15.1. The van der Waals surface area contributed by atoms with E-state index in [1.807, 2.05) is 6.07 Å². The number of furan rings is 1. The molecule has 1 aromatic heterocycles. The molecule has 3 heteroatoms. The minimum absolute atomic E-state index is 0.614. The molecule has 1 aliphatic heterocycles. The second-order valence-corrected chi connectivity index (χ2v) is 17.9. The molecule has 11 aromatic carbocycles. The van der Waals surface area contributed by atoms with Crippen LogP contribution in [0, 0.1) is 0 Å². The van der Waals surface area contributed by atoms with Crippen molar-refractivity contribution in [3.63, 3.8) is 0 Å². The minimum atomic E-state index is -0.614. The monoisotopic (exact) mass is 866 g/mol. The molecule has 0 saturated carbocycles. The van der Waals surface area contributed by atoms with Crippen LogP contribution in [-0.2, 0) is 5.41 Å². The lowest BCUT2D eigenvalue weighted by molar-refractivity contribution is 0.669. The summed E-state index contributed by atoms with van der Waals surface area (Å²) in [7, 11) is 0. The Morgan fingerprint density at radius 2 is 0.853 bits per heavy atom. The fourth-order valence-electron chi connectivity index (χ4n) is 11.7. The molecular formula is C65H42N2O. The maximum atomic E-state index is 6.45. The molecule has 68 heavy (non-hydrogen) atoms. The number of nitrogens with zero attached hydrogens (tertiary/aromatic N) is 2. The van der Waals surface area contributed by atoms with Crippen LogP contribution >= 0.6 is 0 Å². The number of benzene rings is 11. The van der Waals surface area contributed by atoms with Gasteiger partial charge in [0.15, 0.2) is 0 Å². The lowest BCUT2D eigenvalue weighted by atomic mass is 9.64. The highest BCUT2D eigenvalue weighted by molar-refractivity contribution is 6.08. The van der Waals surface area contributed by atoms with E-state index in [4.69, 9.17) is 4.42 Å². The Morgan fingerprint density at radius 3 is 1.65 bits per heavy atom. The molecule has 0 atom stereocenters. The highest BCUT2D eigenvalue weighted by Gasteiger charge is 2.52. The molecule has 318 valence electrons. The molecule has 1 spiro atoms. The van der Waals surface area contributed by atoms with Crippen LogP contribution in [0.15, 0.2) is 259 Å². The van der Waals surface area contributed by atoms with Crippen molar-refractivity contribution in [3.8, 4) is 33.4 Å². The van der Waals surface area contributed by atoms with E-state index in [-0.39, 0.29) is 0 Å². The van der Waals surface area contributed by atoms with Gasteiger partial charge in [0.25, 0.3) is 0 Å². The number of fused-ring (bicyclic) bond motifs is 13. The Labute approximate surface area is 395 Å². The van der Waals surface area contributed by atoms with E-state index in [0.717, 1.165) is 50.3 Å². The van der Waals surface area contributed by atoms with Crippen molar-refractivity contribution in [2.75, 3.05) is 9.80 Å². The molecule has 2 aliphatic rings. The zero-order valence-electron chi connectivity index (χ0n) is 37.1. The topological polar surface area (TPSA) is 19.6 Å². The average Bonchev–Trinajstić information content (AvgIpc) is 3.92. The normalized spacial score (nSPS) is 13.1. The molecule has 3 nitrogen and oxygen atoms in total. The van der Waals surface area contributed by atoms with Crippen LogP contribution in [0.5, 0.6) is 0 Å². The van der Waals surface area contributed by atoms with Gasteiger partial charge in [0, 0.05) is 33.4 Å². The predicted molar refractivity (Wildman–Crippen MR) is 282 cm³/mol. The van der Waals surface area contributed by atoms with Crippen molar-refractivity contribution in [1.29, 1.82) is 0 Å². The van der Waals surface area contributed by atoms with Gasteiger partial charge in [-0.15, -0.1) is 0 Å². The Bertz CT molecular complexity index is 3900. The highest BCUT2D eigenvalue weighted by atomic mass is 16.3. The highest BCUT2D eigenvalue weighted by Crippen LogP contribution is 2.64. The SMILES string of the molecule is c1ccc(N2c3ccccc3C3(c4ccccc4-c4ccc(N(c5ccc6oc7ccccc7c6c5)c5ccccc5-c5ccccc5-c5cccc6ccccc56)cc43)c3ccccc32)cc1. The smallest absolute Gasteiger partial charge is 0.135 e. The summed E-state index contributed by atoms with van der Waals surface area (Å²) < 4.78 is 6.45. The van der Waals surface area contributed by atoms with E-state index in [1.54, 1.807) is 0 Å². The third kappa shape index (κ3) is 5.54. The van der Waals surface area contributed by atoms with Crippen LogP contribution < -0.4 is 9.80 Å². The predicted octanol–water partition coefficient (Wildman–Crippen LogP) is 17.7. The first kappa shape index (κ1) is 38.4. The fourth-order valence-corrected chi connectivity index (χ4v) is 11.7. The summed E-state index contributed by atoms with van der Waals surface area (Å²) in [6, 6.07) is 93.3. The third-order valence-corrected chi connectivity index (χ3v) is 14.5. The van der Waals surface area contributed by atoms with Gasteiger partial charge in [0.1, 0.15) is 11.2 Å². The zero-order valence-corrected chi connectivity index (χ0v) is 37.1. The summed E-state index contributed by atoms with van der Waals surface area (Å²) in [4.78, 5) is 4.92. The molecule has 0 bridgehead atoms. The summed E-state index contributed by atoms with van der Waals surface area (Å²) in [5.74, 6) is 0. The van der Waals surface area contributed by atoms with Gasteiger partial charge in [-0.25, -0.2) is 0 Å². The number of rotatable bonds is 6. The zero-order chi connectivity index (χ0) is 44.8. The first-order chi connectivity index (χ1) is 33.8. The van der Waals surface area contributed by atoms with Crippen LogP contribution in [0.4, 0.5) is 34.1 Å². The molecule has 0 amide bonds. The van der Waals surface area contributed by atoms with Gasteiger partial charge in [-0.3, -0.25) is 0 Å². The first-order valence-electron chi connectivity index (χ1n) is 23.4. The summed E-state index contributed by atoms with van der Waals surface area (Å²) >= 11 is 0. The van der Waals surface area contributed by atoms with Gasteiger partial charge in [-0.05, 0) is 128 Å². The molecule has 0 N–H and O–H groups in total. The van der Waals surface area contributed by atoms with Gasteiger partial charge in [-0.1, -0.05) is 188 Å². The number of para-hydroxylation sites is 5. The van der Waals surface area contributed by atoms with Crippen LogP contribution in [-0.4, -0.2) is 0 Å². The van der Waals surface area contributed by atoms with Gasteiger partial charge in [-0.2, -0.15) is 0 Å². The van der Waals surface area contributed by atoms with Crippen molar-refractivity contribution in [2.45, 2.75) is 5.41 Å². The molecule has 14 rings (SSSR count). The van der Waals surface area contributed by atoms with E-state index in [2.05, 4.69) is 259 Å². The van der Waals surface area contributed by atoms with E-state index in [1.165, 1.54) is 72.2 Å². The van der Waals surface area contributed by atoms with Gasteiger partial charge >= 0.3 is 0 Å². The maximum Gasteiger partial charge on any atom is 0.135 e. The largest absolute Gasteiger partial charge is 0.456 e. The molecule has 12 aromatic rings. The Kier molecular flexibility index (Phi) is 8.50. The summed E-state index contributed by atoms with van der Waals surface area (Å²) in [5, 5.41) is 4.64. The maximum absolute atomic E-state index is 6.45. The molecule has 0 unspecified atom stereocenters. The van der Waals surface area contributed by atoms with Crippen molar-refractivity contribution in [2.24, 2.45) is 0 Å². The fraction of sp³-hybridized carbons (Fsp3) is 0.0154.